The standard InChI is InChI=1S/C52H65F3N6O6/c1-49(2,52(53,54)55)32-60(25-23-51(24-26-67-50(3,4)31-51)37-15-18-41(66-6)19-16-37)30-33-7-9-34(10-8-33)35-11-13-36(14-12-35)46(63)57-40-27-39(28-40)56-38-17-20-42-44(29-38)59(5)48(65)61(42)43-21-22-45(62)58-47(43)64/h7-11,15-20,29,36,39-40,43,56H,12-14,21-28,30-32H2,1-6H3,(H,57,63)(H,58,62,64)/t36?,39-,40-,43?,51-/m1/s1. The number of methoxy groups -OCH3 is 1. The summed E-state index contributed by atoms with van der Waals surface area (Å²) in [6, 6.07) is 21.3. The number of aryl methyl sites for hydroxylation is 1. The van der Waals surface area contributed by atoms with Gasteiger partial charge in [-0.15, -0.1) is 0 Å². The topological polar surface area (TPSA) is 136 Å². The van der Waals surface area contributed by atoms with E-state index in [1.54, 1.807) is 14.2 Å². The summed E-state index contributed by atoms with van der Waals surface area (Å²) in [7, 11) is 3.31. The van der Waals surface area contributed by atoms with Crippen LogP contribution in [0.3, 0.4) is 0 Å². The van der Waals surface area contributed by atoms with Crippen LogP contribution in [-0.4, -0.2) is 82.4 Å². The number of imide groups is 1. The second-order valence-electron chi connectivity index (χ2n) is 20.7. The molecule has 360 valence electrons. The number of aromatic nitrogens is 2. The first-order valence-electron chi connectivity index (χ1n) is 23.7. The number of anilines is 1. The number of rotatable bonds is 15. The van der Waals surface area contributed by atoms with E-state index in [0.717, 1.165) is 66.7 Å². The summed E-state index contributed by atoms with van der Waals surface area (Å²) in [5, 5.41) is 9.11. The zero-order chi connectivity index (χ0) is 47.9. The van der Waals surface area contributed by atoms with E-state index in [1.807, 2.05) is 47.4 Å². The van der Waals surface area contributed by atoms with E-state index in [1.165, 1.54) is 28.6 Å². The van der Waals surface area contributed by atoms with E-state index >= 15 is 0 Å². The zero-order valence-electron chi connectivity index (χ0n) is 39.6. The third kappa shape index (κ3) is 10.5. The SMILES string of the molecule is COc1ccc([C@]2(CCN(Cc3ccc(C4=CCC(C(=O)N[C@H]5C[C@H](Nc6ccc7c(c6)n(C)c(=O)n7C6CCC(=O)NC6=O)C5)CC4)cc3)CC(C)(C)C(F)(F)F)CCOC(C)(C)C2)cc1. The molecule has 0 spiro atoms. The van der Waals surface area contributed by atoms with Crippen molar-refractivity contribution in [2.45, 2.75) is 134 Å². The average molecular weight is 927 g/mol. The molecule has 2 aliphatic heterocycles. The molecule has 2 aliphatic carbocycles. The van der Waals surface area contributed by atoms with Crippen LogP contribution in [0.15, 0.2) is 77.6 Å². The fourth-order valence-electron chi connectivity index (χ4n) is 10.8. The number of amides is 3. The van der Waals surface area contributed by atoms with Crippen LogP contribution in [0.5, 0.6) is 5.75 Å². The molecule has 3 amide bonds. The monoisotopic (exact) mass is 926 g/mol. The Morgan fingerprint density at radius 3 is 2.33 bits per heavy atom. The van der Waals surface area contributed by atoms with Crippen molar-refractivity contribution < 1.29 is 37.0 Å². The van der Waals surface area contributed by atoms with E-state index in [9.17, 15) is 32.3 Å². The van der Waals surface area contributed by atoms with Gasteiger partial charge in [-0.25, -0.2) is 4.79 Å². The third-order valence-electron chi connectivity index (χ3n) is 14.8. The first kappa shape index (κ1) is 48.1. The van der Waals surface area contributed by atoms with Gasteiger partial charge in [-0.05, 0) is 145 Å². The number of carbonyl (C=O) groups excluding carboxylic acids is 3. The molecule has 3 fully saturated rings. The Balaban J connectivity index is 0.851. The van der Waals surface area contributed by atoms with Crippen molar-refractivity contribution >= 4 is 40.0 Å². The second-order valence-corrected chi connectivity index (χ2v) is 20.7. The smallest absolute Gasteiger partial charge is 0.395 e. The van der Waals surface area contributed by atoms with Gasteiger partial charge in [0.05, 0.1) is 29.2 Å². The fourth-order valence-corrected chi connectivity index (χ4v) is 10.8. The van der Waals surface area contributed by atoms with Crippen molar-refractivity contribution in [3.05, 3.63) is 100.0 Å². The van der Waals surface area contributed by atoms with Crippen molar-refractivity contribution in [3.63, 3.8) is 0 Å². The Hall–Kier alpha value is -5.41. The lowest BCUT2D eigenvalue weighted by Gasteiger charge is -2.46. The van der Waals surface area contributed by atoms with Crippen LogP contribution in [0.25, 0.3) is 16.6 Å². The van der Waals surface area contributed by atoms with Crippen LogP contribution in [0, 0.1) is 11.3 Å². The molecule has 3 heterocycles. The molecule has 12 nitrogen and oxygen atoms in total. The lowest BCUT2D eigenvalue weighted by molar-refractivity contribution is -0.217. The molecule has 0 bridgehead atoms. The molecule has 4 aromatic rings. The van der Waals surface area contributed by atoms with Crippen molar-refractivity contribution in [2.75, 3.05) is 32.1 Å². The number of imidazole rings is 1. The Bertz CT molecular complexity index is 2560. The molecule has 1 aromatic heterocycles. The molecular weight excluding hydrogens is 862 g/mol. The Kier molecular flexibility index (Phi) is 13.6. The summed E-state index contributed by atoms with van der Waals surface area (Å²) in [5.41, 5.74) is 3.62. The first-order valence-corrected chi connectivity index (χ1v) is 23.7. The fraction of sp³-hybridized carbons (Fsp3) is 0.538. The molecule has 67 heavy (non-hydrogen) atoms. The number of ether oxygens (including phenoxy) is 2. The summed E-state index contributed by atoms with van der Waals surface area (Å²) in [5.74, 6) is -0.107. The van der Waals surface area contributed by atoms with Gasteiger partial charge in [-0.3, -0.25) is 33.7 Å². The minimum atomic E-state index is -4.36. The van der Waals surface area contributed by atoms with Crippen LogP contribution >= 0.6 is 0 Å². The largest absolute Gasteiger partial charge is 0.497 e. The van der Waals surface area contributed by atoms with E-state index in [2.05, 4.69) is 60.1 Å². The van der Waals surface area contributed by atoms with E-state index in [4.69, 9.17) is 9.47 Å². The number of hydrogen-bond acceptors (Lipinski definition) is 8. The number of carbonyl (C=O) groups is 3. The maximum absolute atomic E-state index is 14.4. The number of halogens is 3. The molecule has 3 N–H and O–H groups in total. The minimum absolute atomic E-state index is 0.0558. The number of benzene rings is 3. The predicted octanol–water partition coefficient (Wildman–Crippen LogP) is 8.58. The molecule has 4 aliphatic rings. The highest BCUT2D eigenvalue weighted by atomic mass is 19.4. The van der Waals surface area contributed by atoms with Gasteiger partial charge in [0.1, 0.15) is 11.8 Å². The summed E-state index contributed by atoms with van der Waals surface area (Å²) < 4.78 is 57.6. The lowest BCUT2D eigenvalue weighted by atomic mass is 9.67. The Labute approximate surface area is 390 Å². The van der Waals surface area contributed by atoms with Crippen LogP contribution in [0.1, 0.15) is 115 Å². The van der Waals surface area contributed by atoms with Gasteiger partial charge in [0.2, 0.25) is 17.7 Å². The van der Waals surface area contributed by atoms with E-state index in [-0.39, 0.29) is 65.9 Å². The van der Waals surface area contributed by atoms with Crippen molar-refractivity contribution in [2.24, 2.45) is 18.4 Å². The zero-order valence-corrected chi connectivity index (χ0v) is 39.6. The Morgan fingerprint density at radius 1 is 0.955 bits per heavy atom. The highest BCUT2D eigenvalue weighted by molar-refractivity contribution is 6.00. The quantitative estimate of drug-likeness (QED) is 0.101. The summed E-state index contributed by atoms with van der Waals surface area (Å²) in [6.45, 7) is 8.06. The molecular formula is C52H65F3N6O6. The van der Waals surface area contributed by atoms with Crippen LogP contribution in [0.2, 0.25) is 0 Å². The molecule has 2 unspecified atom stereocenters. The molecule has 0 radical (unpaired) electrons. The van der Waals surface area contributed by atoms with Gasteiger partial charge in [0, 0.05) is 62.3 Å². The second kappa shape index (κ2) is 18.9. The third-order valence-corrected chi connectivity index (χ3v) is 14.8. The number of piperidine rings is 1. The maximum Gasteiger partial charge on any atom is 0.395 e. The molecule has 2 saturated heterocycles. The minimum Gasteiger partial charge on any atom is -0.497 e. The van der Waals surface area contributed by atoms with Gasteiger partial charge in [-0.2, -0.15) is 13.2 Å². The van der Waals surface area contributed by atoms with Crippen LogP contribution < -0.4 is 26.4 Å². The average Bonchev–Trinajstić information content (AvgIpc) is 3.51. The van der Waals surface area contributed by atoms with Gasteiger partial charge in [0.25, 0.3) is 0 Å². The lowest BCUT2D eigenvalue weighted by Crippen LogP contribution is -2.51. The summed E-state index contributed by atoms with van der Waals surface area (Å²) in [6.07, 6.45) is 4.11. The van der Waals surface area contributed by atoms with Gasteiger partial charge in [-0.1, -0.05) is 42.5 Å². The Morgan fingerprint density at radius 2 is 1.69 bits per heavy atom. The van der Waals surface area contributed by atoms with E-state index < -0.39 is 23.5 Å². The molecule has 8 rings (SSSR count). The number of fused-ring (bicyclic) bond motifs is 1. The molecule has 3 aromatic carbocycles. The number of alkyl halides is 3. The van der Waals surface area contributed by atoms with E-state index in [0.29, 0.717) is 43.6 Å². The van der Waals surface area contributed by atoms with Gasteiger partial charge < -0.3 is 20.1 Å². The van der Waals surface area contributed by atoms with Crippen molar-refractivity contribution in [1.29, 1.82) is 0 Å². The highest BCUT2D eigenvalue weighted by Crippen LogP contribution is 2.46. The summed E-state index contributed by atoms with van der Waals surface area (Å²) >= 11 is 0. The first-order chi connectivity index (χ1) is 31.7. The van der Waals surface area contributed by atoms with Gasteiger partial charge in [0.15, 0.2) is 0 Å². The van der Waals surface area contributed by atoms with Crippen LogP contribution in [0.4, 0.5) is 18.9 Å². The van der Waals surface area contributed by atoms with Crippen LogP contribution in [-0.2, 0) is 38.1 Å². The predicted molar refractivity (Wildman–Crippen MR) is 253 cm³/mol. The maximum atomic E-state index is 14.4. The van der Waals surface area contributed by atoms with Crippen molar-refractivity contribution in [3.8, 4) is 5.75 Å². The molecule has 1 saturated carbocycles. The number of nitrogens with zero attached hydrogens (tertiary/aromatic N) is 3. The molecule has 15 heteroatoms. The number of nitrogens with one attached hydrogen (secondary N) is 3. The summed E-state index contributed by atoms with van der Waals surface area (Å²) in [4.78, 5) is 52.8. The van der Waals surface area contributed by atoms with Crippen molar-refractivity contribution in [1.82, 2.24) is 24.7 Å². The normalized spacial score (nSPS) is 24.5. The molecule has 3 atom stereocenters. The van der Waals surface area contributed by atoms with Gasteiger partial charge >= 0.3 is 11.9 Å². The number of allylic oxidation sites excluding steroid dienone is 2. The number of hydrogen-bond donors (Lipinski definition) is 3. The highest BCUT2D eigenvalue weighted by Gasteiger charge is 2.49.